The fourth-order valence-electron chi connectivity index (χ4n) is 3.57. The van der Waals surface area contributed by atoms with Gasteiger partial charge in [0.15, 0.2) is 5.69 Å². The summed E-state index contributed by atoms with van der Waals surface area (Å²) in [6, 6.07) is 4.48. The Morgan fingerprint density at radius 2 is 1.90 bits per heavy atom. The van der Waals surface area contributed by atoms with Gasteiger partial charge in [-0.3, -0.25) is 14.5 Å². The summed E-state index contributed by atoms with van der Waals surface area (Å²) in [5, 5.41) is 6.55. The fraction of sp³-hybridized carbons (Fsp3) is 0.476. The Bertz CT molecular complexity index is 981. The van der Waals surface area contributed by atoms with Crippen molar-refractivity contribution < 1.29 is 9.59 Å². The largest absolute Gasteiger partial charge is 0.357 e. The molecule has 0 aliphatic carbocycles. The Morgan fingerprint density at radius 3 is 2.53 bits per heavy atom. The highest BCUT2D eigenvalue weighted by Crippen LogP contribution is 2.33. The van der Waals surface area contributed by atoms with Crippen molar-refractivity contribution in [3.8, 4) is 11.4 Å². The zero-order chi connectivity index (χ0) is 22.2. The van der Waals surface area contributed by atoms with Gasteiger partial charge >= 0.3 is 0 Å². The second-order valence-electron chi connectivity index (χ2n) is 8.63. The van der Waals surface area contributed by atoms with Gasteiger partial charge in [0, 0.05) is 37.3 Å². The fourth-order valence-corrected chi connectivity index (χ4v) is 3.94. The Labute approximate surface area is 186 Å². The van der Waals surface area contributed by atoms with E-state index in [1.54, 1.807) is 25.2 Å². The van der Waals surface area contributed by atoms with Crippen molar-refractivity contribution in [2.45, 2.75) is 39.9 Å². The van der Waals surface area contributed by atoms with Crippen molar-refractivity contribution in [1.82, 2.24) is 25.1 Å². The zero-order valence-electron chi connectivity index (χ0n) is 17.8. The minimum Gasteiger partial charge on any atom is -0.357 e. The normalized spacial score (nSPS) is 15.4. The molecule has 0 fully saturated rings. The van der Waals surface area contributed by atoms with Gasteiger partial charge in [-0.2, -0.15) is 0 Å². The van der Waals surface area contributed by atoms with E-state index in [1.807, 2.05) is 32.4 Å². The van der Waals surface area contributed by atoms with Crippen LogP contribution in [0.3, 0.4) is 0 Å². The average molecular weight is 452 g/mol. The summed E-state index contributed by atoms with van der Waals surface area (Å²) in [5.74, 6) is -0.0378. The number of hydrogen-bond acceptors (Lipinski definition) is 4. The molecule has 7 nitrogen and oxygen atoms in total. The number of imidazole rings is 1. The molecule has 2 heterocycles. The highest BCUT2D eigenvalue weighted by Gasteiger charge is 2.35. The van der Waals surface area contributed by atoms with E-state index in [2.05, 4.69) is 20.5 Å². The molecule has 0 spiro atoms. The number of benzene rings is 1. The van der Waals surface area contributed by atoms with Crippen LogP contribution in [-0.4, -0.2) is 52.9 Å². The Morgan fingerprint density at radius 1 is 1.20 bits per heavy atom. The average Bonchev–Trinajstić information content (AvgIpc) is 3.04. The number of likely N-dealkylation sites (N-methyl/N-ethyl adjacent to an activating group) is 2. The summed E-state index contributed by atoms with van der Waals surface area (Å²) in [6.45, 7) is 7.76. The molecular formula is C21H27Cl2N5O2. The van der Waals surface area contributed by atoms with Crippen LogP contribution in [0.2, 0.25) is 10.0 Å². The lowest BCUT2D eigenvalue weighted by Crippen LogP contribution is -2.53. The first-order chi connectivity index (χ1) is 14.0. The summed E-state index contributed by atoms with van der Waals surface area (Å²) in [6.07, 6.45) is 0. The summed E-state index contributed by atoms with van der Waals surface area (Å²) >= 11 is 12.6. The second kappa shape index (κ2) is 8.57. The number of carbonyl (C=O) groups excluding carboxylic acids is 2. The van der Waals surface area contributed by atoms with Gasteiger partial charge in [0.25, 0.3) is 5.91 Å². The van der Waals surface area contributed by atoms with Crippen molar-refractivity contribution in [2.75, 3.05) is 20.6 Å². The molecule has 30 heavy (non-hydrogen) atoms. The topological polar surface area (TPSA) is 79.3 Å². The first-order valence-corrected chi connectivity index (χ1v) is 10.5. The van der Waals surface area contributed by atoms with Crippen LogP contribution in [0.5, 0.6) is 0 Å². The van der Waals surface area contributed by atoms with Gasteiger partial charge < -0.3 is 15.2 Å². The third-order valence-electron chi connectivity index (χ3n) is 5.23. The van der Waals surface area contributed by atoms with Gasteiger partial charge in [-0.1, -0.05) is 44.0 Å². The number of fused-ring (bicyclic) bond motifs is 1. The SMILES string of the molecule is CNC(=O)[C@@H](NC(=O)c1nc(-c2cc(Cl)ccc2Cl)n2c1CN(C)CC2)C(C)(C)C. The molecule has 0 saturated carbocycles. The van der Waals surface area contributed by atoms with Crippen molar-refractivity contribution >= 4 is 35.0 Å². The maximum Gasteiger partial charge on any atom is 0.272 e. The third kappa shape index (κ3) is 4.48. The number of carbonyl (C=O) groups is 2. The number of nitrogens with zero attached hydrogens (tertiary/aromatic N) is 3. The first kappa shape index (κ1) is 22.6. The van der Waals surface area contributed by atoms with Crippen LogP contribution in [0.1, 0.15) is 37.0 Å². The van der Waals surface area contributed by atoms with Crippen molar-refractivity contribution in [1.29, 1.82) is 0 Å². The second-order valence-corrected chi connectivity index (χ2v) is 9.47. The van der Waals surface area contributed by atoms with E-state index in [-0.39, 0.29) is 11.8 Å². The Kier molecular flexibility index (Phi) is 6.45. The number of rotatable bonds is 4. The molecule has 1 aromatic heterocycles. The molecule has 0 bridgehead atoms. The van der Waals surface area contributed by atoms with E-state index in [1.165, 1.54) is 0 Å². The van der Waals surface area contributed by atoms with Gasteiger partial charge in [-0.15, -0.1) is 0 Å². The lowest BCUT2D eigenvalue weighted by Gasteiger charge is -2.30. The molecular weight excluding hydrogens is 425 g/mol. The Hall–Kier alpha value is -2.09. The standard InChI is InChI=1S/C21H27Cl2N5O2/c1-21(2,3)17(20(30)24-4)26-19(29)16-15-11-27(5)8-9-28(15)18(25-16)13-10-12(22)6-7-14(13)23/h6-7,10,17H,8-9,11H2,1-5H3,(H,24,30)(H,26,29)/t17-/m1/s1. The number of amides is 2. The van der Waals surface area contributed by atoms with Gasteiger partial charge in [0.2, 0.25) is 5.91 Å². The smallest absolute Gasteiger partial charge is 0.272 e. The maximum absolute atomic E-state index is 13.3. The zero-order valence-corrected chi connectivity index (χ0v) is 19.4. The maximum atomic E-state index is 13.3. The molecule has 0 radical (unpaired) electrons. The number of halogens is 2. The van der Waals surface area contributed by atoms with Gasteiger partial charge in [0.1, 0.15) is 11.9 Å². The molecule has 0 unspecified atom stereocenters. The van der Waals surface area contributed by atoms with Crippen molar-refractivity contribution in [3.63, 3.8) is 0 Å². The summed E-state index contributed by atoms with van der Waals surface area (Å²) < 4.78 is 2.01. The van der Waals surface area contributed by atoms with Crippen LogP contribution >= 0.6 is 23.2 Å². The molecule has 2 aromatic rings. The molecule has 1 atom stereocenters. The molecule has 162 valence electrons. The van der Waals surface area contributed by atoms with E-state index >= 15 is 0 Å². The van der Waals surface area contributed by atoms with Crippen LogP contribution in [0.15, 0.2) is 18.2 Å². The lowest BCUT2D eigenvalue weighted by molar-refractivity contribution is -0.124. The van der Waals surface area contributed by atoms with E-state index < -0.39 is 11.5 Å². The molecule has 9 heteroatoms. The van der Waals surface area contributed by atoms with Crippen LogP contribution in [0.25, 0.3) is 11.4 Å². The summed E-state index contributed by atoms with van der Waals surface area (Å²) in [7, 11) is 3.55. The molecule has 1 aliphatic rings. The van der Waals surface area contributed by atoms with E-state index in [0.29, 0.717) is 40.2 Å². The van der Waals surface area contributed by atoms with E-state index in [9.17, 15) is 9.59 Å². The van der Waals surface area contributed by atoms with Crippen molar-refractivity contribution in [2.24, 2.45) is 5.41 Å². The highest BCUT2D eigenvalue weighted by molar-refractivity contribution is 6.35. The first-order valence-electron chi connectivity index (χ1n) is 9.78. The minimum absolute atomic E-state index is 0.251. The number of hydrogen-bond donors (Lipinski definition) is 2. The monoisotopic (exact) mass is 451 g/mol. The van der Waals surface area contributed by atoms with Gasteiger partial charge in [-0.25, -0.2) is 4.98 Å². The quantitative estimate of drug-likeness (QED) is 0.747. The molecule has 2 N–H and O–H groups in total. The summed E-state index contributed by atoms with van der Waals surface area (Å²) in [4.78, 5) is 32.4. The molecule has 3 rings (SSSR count). The summed E-state index contributed by atoms with van der Waals surface area (Å²) in [5.41, 5.74) is 1.29. The number of nitrogens with one attached hydrogen (secondary N) is 2. The van der Waals surface area contributed by atoms with Crippen LogP contribution in [0.4, 0.5) is 0 Å². The lowest BCUT2D eigenvalue weighted by atomic mass is 9.86. The molecule has 1 aliphatic heterocycles. The van der Waals surface area contributed by atoms with Gasteiger partial charge in [-0.05, 0) is 30.7 Å². The van der Waals surface area contributed by atoms with Crippen LogP contribution in [-0.2, 0) is 17.9 Å². The molecule has 2 amide bonds. The predicted molar refractivity (Wildman–Crippen MR) is 119 cm³/mol. The minimum atomic E-state index is -0.702. The van der Waals surface area contributed by atoms with Crippen LogP contribution in [0, 0.1) is 5.41 Å². The Balaban J connectivity index is 2.07. The van der Waals surface area contributed by atoms with E-state index in [0.717, 1.165) is 12.2 Å². The van der Waals surface area contributed by atoms with E-state index in [4.69, 9.17) is 23.2 Å². The molecule has 0 saturated heterocycles. The molecule has 1 aromatic carbocycles. The third-order valence-corrected chi connectivity index (χ3v) is 5.80. The van der Waals surface area contributed by atoms with Gasteiger partial charge in [0.05, 0.1) is 10.7 Å². The van der Waals surface area contributed by atoms with Crippen molar-refractivity contribution in [3.05, 3.63) is 39.6 Å². The van der Waals surface area contributed by atoms with Crippen LogP contribution < -0.4 is 10.6 Å². The number of aromatic nitrogens is 2. The highest BCUT2D eigenvalue weighted by atomic mass is 35.5. The predicted octanol–water partition coefficient (Wildman–Crippen LogP) is 3.19.